The number of hydrogen-bond acceptors (Lipinski definition) is 7. The molecule has 0 saturated carbocycles. The van der Waals surface area contributed by atoms with Crippen molar-refractivity contribution in [1.29, 1.82) is 0 Å². The smallest absolute Gasteiger partial charge is 0.282 e. The molecule has 0 spiro atoms. The molecule has 7 nitrogen and oxygen atoms in total. The van der Waals surface area contributed by atoms with E-state index in [1.807, 2.05) is 18.2 Å². The largest absolute Gasteiger partial charge is 0.458 e. The summed E-state index contributed by atoms with van der Waals surface area (Å²) < 4.78 is 18.2. The summed E-state index contributed by atoms with van der Waals surface area (Å²) in [5.74, 6) is 1.45. The van der Waals surface area contributed by atoms with E-state index in [0.29, 0.717) is 31.9 Å². The predicted octanol–water partition coefficient (Wildman–Crippen LogP) is 2.80. The normalized spacial score (nSPS) is 20.7. The van der Waals surface area contributed by atoms with Crippen molar-refractivity contribution in [2.45, 2.75) is 24.5 Å². The minimum atomic E-state index is -0.997. The van der Waals surface area contributed by atoms with Gasteiger partial charge in [0.1, 0.15) is 11.9 Å². The third-order valence-corrected chi connectivity index (χ3v) is 7.10. The zero-order chi connectivity index (χ0) is 21.4. The molecule has 1 aromatic heterocycles. The van der Waals surface area contributed by atoms with Gasteiger partial charge in [0, 0.05) is 40.9 Å². The van der Waals surface area contributed by atoms with Gasteiger partial charge in [-0.25, -0.2) is 9.98 Å². The molecule has 3 N–H and O–H groups in total. The molecule has 3 heterocycles. The number of hydrogen-bond donors (Lipinski definition) is 2. The standard InChI is InChI=1S/C23H25N5O2S/c1-15-6-7-19-18(10-15)20(25-12-17-13-26-23(24)30-17)11-22(27-19)28-8-9-31(29)21-5-3-2-4-16(21)14-28/h2-7,10-11,17H,8-9,12-14H2,1H3,(H2,24,26)(H,25,27). The summed E-state index contributed by atoms with van der Waals surface area (Å²) in [5.41, 5.74) is 9.83. The molecule has 2 aromatic carbocycles. The average Bonchev–Trinajstić information content (AvgIpc) is 3.11. The van der Waals surface area contributed by atoms with Crippen LogP contribution < -0.4 is 16.0 Å². The van der Waals surface area contributed by atoms with E-state index in [2.05, 4.69) is 52.5 Å². The van der Waals surface area contributed by atoms with E-state index in [1.54, 1.807) is 0 Å². The highest BCUT2D eigenvalue weighted by atomic mass is 32.2. The molecular weight excluding hydrogens is 410 g/mol. The number of amidine groups is 1. The fourth-order valence-electron chi connectivity index (χ4n) is 4.04. The van der Waals surface area contributed by atoms with Crippen LogP contribution in [-0.2, 0) is 22.1 Å². The molecule has 0 aliphatic carbocycles. The van der Waals surface area contributed by atoms with Gasteiger partial charge in [-0.05, 0) is 30.7 Å². The van der Waals surface area contributed by atoms with Crippen LogP contribution in [0.4, 0.5) is 11.5 Å². The average molecular weight is 436 g/mol. The molecule has 0 saturated heterocycles. The van der Waals surface area contributed by atoms with Gasteiger partial charge < -0.3 is 20.7 Å². The number of anilines is 2. The molecule has 160 valence electrons. The van der Waals surface area contributed by atoms with Crippen LogP contribution in [0.1, 0.15) is 11.1 Å². The molecule has 5 rings (SSSR count). The molecule has 0 amide bonds. The van der Waals surface area contributed by atoms with Gasteiger partial charge in [0.15, 0.2) is 0 Å². The van der Waals surface area contributed by atoms with Crippen molar-refractivity contribution in [2.75, 3.05) is 35.6 Å². The highest BCUT2D eigenvalue weighted by molar-refractivity contribution is 7.85. The van der Waals surface area contributed by atoms with Crippen LogP contribution in [0.2, 0.25) is 0 Å². The van der Waals surface area contributed by atoms with E-state index in [-0.39, 0.29) is 12.1 Å². The van der Waals surface area contributed by atoms with Crippen LogP contribution in [0.3, 0.4) is 0 Å². The van der Waals surface area contributed by atoms with E-state index in [0.717, 1.165) is 32.9 Å². The molecule has 2 atom stereocenters. The van der Waals surface area contributed by atoms with Crippen molar-refractivity contribution in [3.8, 4) is 0 Å². The summed E-state index contributed by atoms with van der Waals surface area (Å²) in [7, 11) is -0.997. The first kappa shape index (κ1) is 19.8. The predicted molar refractivity (Wildman–Crippen MR) is 125 cm³/mol. The molecule has 2 unspecified atom stereocenters. The maximum Gasteiger partial charge on any atom is 0.282 e. The van der Waals surface area contributed by atoms with E-state index in [9.17, 15) is 4.21 Å². The van der Waals surface area contributed by atoms with Gasteiger partial charge in [0.2, 0.25) is 0 Å². The maximum absolute atomic E-state index is 12.7. The Morgan fingerprint density at radius 3 is 2.97 bits per heavy atom. The summed E-state index contributed by atoms with van der Waals surface area (Å²) >= 11 is 0. The third kappa shape index (κ3) is 4.07. The van der Waals surface area contributed by atoms with Gasteiger partial charge in [-0.3, -0.25) is 4.21 Å². The third-order valence-electron chi connectivity index (χ3n) is 5.66. The SMILES string of the molecule is Cc1ccc2nc(N3CCS(=O)c4ccccc4C3)cc(NCC3CN=C(N)O3)c2c1. The molecule has 0 bridgehead atoms. The van der Waals surface area contributed by atoms with Gasteiger partial charge in [0.25, 0.3) is 6.02 Å². The summed E-state index contributed by atoms with van der Waals surface area (Å²) in [6, 6.07) is 16.6. The Kier molecular flexibility index (Phi) is 5.23. The van der Waals surface area contributed by atoms with Crippen LogP contribution in [-0.4, -0.2) is 46.7 Å². The van der Waals surface area contributed by atoms with Crippen LogP contribution >= 0.6 is 0 Å². The van der Waals surface area contributed by atoms with E-state index >= 15 is 0 Å². The Bertz CT molecular complexity index is 1200. The maximum atomic E-state index is 12.7. The second-order valence-electron chi connectivity index (χ2n) is 7.93. The Balaban J connectivity index is 1.49. The zero-order valence-electron chi connectivity index (χ0n) is 17.4. The molecule has 31 heavy (non-hydrogen) atoms. The van der Waals surface area contributed by atoms with E-state index in [4.69, 9.17) is 15.5 Å². The number of aromatic nitrogens is 1. The van der Waals surface area contributed by atoms with Crippen LogP contribution in [0, 0.1) is 6.92 Å². The molecular formula is C23H25N5O2S. The number of nitrogens with zero attached hydrogens (tertiary/aromatic N) is 3. The van der Waals surface area contributed by atoms with Crippen molar-refractivity contribution in [1.82, 2.24) is 4.98 Å². The number of nitrogens with two attached hydrogens (primary N) is 1. The number of rotatable bonds is 4. The Morgan fingerprint density at radius 1 is 1.26 bits per heavy atom. The lowest BCUT2D eigenvalue weighted by atomic mass is 10.1. The number of fused-ring (bicyclic) bond motifs is 2. The zero-order valence-corrected chi connectivity index (χ0v) is 18.2. The van der Waals surface area contributed by atoms with Crippen molar-refractivity contribution in [2.24, 2.45) is 10.7 Å². The molecule has 2 aliphatic heterocycles. The van der Waals surface area contributed by atoms with Gasteiger partial charge >= 0.3 is 0 Å². The number of pyridine rings is 1. The van der Waals surface area contributed by atoms with Crippen molar-refractivity contribution in [3.05, 3.63) is 59.7 Å². The summed E-state index contributed by atoms with van der Waals surface area (Å²) in [4.78, 5) is 12.2. The van der Waals surface area contributed by atoms with Crippen LogP contribution in [0.5, 0.6) is 0 Å². The molecule has 0 radical (unpaired) electrons. The fraction of sp³-hybridized carbons (Fsp3) is 0.304. The number of aliphatic imine (C=N–C) groups is 1. The molecule has 3 aromatic rings. The minimum Gasteiger partial charge on any atom is -0.458 e. The fourth-order valence-corrected chi connectivity index (χ4v) is 5.30. The van der Waals surface area contributed by atoms with Gasteiger partial charge in [-0.15, -0.1) is 0 Å². The lowest BCUT2D eigenvalue weighted by Crippen LogP contribution is -2.27. The topological polar surface area (TPSA) is 92.8 Å². The number of nitrogens with one attached hydrogen (secondary N) is 1. The summed E-state index contributed by atoms with van der Waals surface area (Å²) in [5, 5.41) is 4.58. The highest BCUT2D eigenvalue weighted by Gasteiger charge is 2.22. The number of ether oxygens (including phenoxy) is 1. The monoisotopic (exact) mass is 435 g/mol. The van der Waals surface area contributed by atoms with Gasteiger partial charge in [0.05, 0.1) is 29.4 Å². The van der Waals surface area contributed by atoms with Gasteiger partial charge in [-0.1, -0.05) is 29.8 Å². The number of benzene rings is 2. The Morgan fingerprint density at radius 2 is 2.13 bits per heavy atom. The first-order valence-electron chi connectivity index (χ1n) is 10.4. The lowest BCUT2D eigenvalue weighted by molar-refractivity contribution is 0.234. The first-order chi connectivity index (χ1) is 15.1. The second-order valence-corrected chi connectivity index (χ2v) is 9.47. The van der Waals surface area contributed by atoms with Crippen LogP contribution in [0.25, 0.3) is 10.9 Å². The van der Waals surface area contributed by atoms with Crippen molar-refractivity contribution >= 4 is 39.2 Å². The van der Waals surface area contributed by atoms with Crippen molar-refractivity contribution in [3.63, 3.8) is 0 Å². The highest BCUT2D eigenvalue weighted by Crippen LogP contribution is 2.30. The molecule has 8 heteroatoms. The Labute approximate surface area is 183 Å². The summed E-state index contributed by atoms with van der Waals surface area (Å²) in [6.07, 6.45) is -0.0797. The lowest BCUT2D eigenvalue weighted by Gasteiger charge is -2.24. The van der Waals surface area contributed by atoms with E-state index in [1.165, 1.54) is 5.56 Å². The first-order valence-corrected chi connectivity index (χ1v) is 11.7. The molecule has 0 fully saturated rings. The second kappa shape index (κ2) is 8.19. The van der Waals surface area contributed by atoms with Crippen molar-refractivity contribution < 1.29 is 8.95 Å². The van der Waals surface area contributed by atoms with Crippen LogP contribution in [0.15, 0.2) is 58.4 Å². The number of aryl methyl sites for hydroxylation is 1. The van der Waals surface area contributed by atoms with Gasteiger partial charge in [-0.2, -0.15) is 0 Å². The molecule has 2 aliphatic rings. The minimum absolute atomic E-state index is 0.0797. The van der Waals surface area contributed by atoms with E-state index < -0.39 is 10.8 Å². The summed E-state index contributed by atoms with van der Waals surface area (Å²) in [6.45, 7) is 4.60. The Hall–Kier alpha value is -3.13. The quantitative estimate of drug-likeness (QED) is 0.655.